The van der Waals surface area contributed by atoms with Crippen LogP contribution in [0.25, 0.3) is 33.3 Å². The maximum Gasteiger partial charge on any atom is 0.156 e. The van der Waals surface area contributed by atoms with Crippen molar-refractivity contribution in [3.63, 3.8) is 0 Å². The van der Waals surface area contributed by atoms with Crippen molar-refractivity contribution in [2.24, 2.45) is 0 Å². The number of nitrogens with zero attached hydrogens (tertiary/aromatic N) is 1. The molecule has 2 aromatic carbocycles. The fraction of sp³-hybridized carbons (Fsp3) is 0.150. The molecule has 0 aliphatic heterocycles. The third-order valence-corrected chi connectivity index (χ3v) is 4.72. The van der Waals surface area contributed by atoms with Crippen LogP contribution < -0.4 is 0 Å². The summed E-state index contributed by atoms with van der Waals surface area (Å²) in [4.78, 5) is 4.85. The van der Waals surface area contributed by atoms with Gasteiger partial charge in [-0.2, -0.15) is 0 Å². The minimum absolute atomic E-state index is 0.629. The predicted molar refractivity (Wildman–Crippen MR) is 96.2 cm³/mol. The molecule has 0 saturated heterocycles. The average Bonchev–Trinajstić information content (AvgIpc) is 2.90. The monoisotopic (exact) mass is 321 g/mol. The van der Waals surface area contributed by atoms with E-state index < -0.39 is 0 Å². The van der Waals surface area contributed by atoms with Crippen LogP contribution in [0.5, 0.6) is 0 Å². The number of fused-ring (bicyclic) bond motifs is 2. The molecule has 0 aliphatic carbocycles. The van der Waals surface area contributed by atoms with Crippen molar-refractivity contribution in [2.75, 3.05) is 0 Å². The van der Waals surface area contributed by atoms with Crippen LogP contribution in [0.4, 0.5) is 0 Å². The molecule has 2 nitrogen and oxygen atoms in total. The molecule has 23 heavy (non-hydrogen) atoms. The molecule has 2 heterocycles. The summed E-state index contributed by atoms with van der Waals surface area (Å²) >= 11 is 6.26. The Morgan fingerprint density at radius 2 is 1.65 bits per heavy atom. The number of benzene rings is 2. The summed E-state index contributed by atoms with van der Waals surface area (Å²) in [6.07, 6.45) is 0. The van der Waals surface area contributed by atoms with Gasteiger partial charge in [0.15, 0.2) is 11.3 Å². The summed E-state index contributed by atoms with van der Waals surface area (Å²) in [5.41, 5.74) is 6.06. The quantitative estimate of drug-likeness (QED) is 0.415. The smallest absolute Gasteiger partial charge is 0.156 e. The Labute approximate surface area is 139 Å². The maximum atomic E-state index is 6.26. The Hall–Kier alpha value is -2.32. The largest absolute Gasteiger partial charge is 0.453 e. The molecule has 0 bridgehead atoms. The van der Waals surface area contributed by atoms with Gasteiger partial charge in [0, 0.05) is 16.3 Å². The molecule has 0 atom stereocenters. The summed E-state index contributed by atoms with van der Waals surface area (Å²) in [5, 5.41) is 2.85. The van der Waals surface area contributed by atoms with E-state index in [0.29, 0.717) is 5.02 Å². The van der Waals surface area contributed by atoms with E-state index in [1.54, 1.807) is 0 Å². The Morgan fingerprint density at radius 1 is 0.870 bits per heavy atom. The highest BCUT2D eigenvalue weighted by Crippen LogP contribution is 2.36. The highest BCUT2D eigenvalue weighted by Gasteiger charge is 2.16. The summed E-state index contributed by atoms with van der Waals surface area (Å²) in [5.74, 6) is 0.788. The van der Waals surface area contributed by atoms with Gasteiger partial charge in [0.25, 0.3) is 0 Å². The number of para-hydroxylation sites is 1. The number of furan rings is 1. The van der Waals surface area contributed by atoms with Crippen LogP contribution in [0.1, 0.15) is 16.7 Å². The summed E-state index contributed by atoms with van der Waals surface area (Å²) in [6, 6.07) is 14.2. The molecule has 0 unspecified atom stereocenters. The normalized spacial score (nSPS) is 11.5. The van der Waals surface area contributed by atoms with E-state index >= 15 is 0 Å². The van der Waals surface area contributed by atoms with E-state index in [9.17, 15) is 0 Å². The van der Waals surface area contributed by atoms with Gasteiger partial charge in [-0.25, -0.2) is 4.98 Å². The third kappa shape index (κ3) is 2.13. The zero-order chi connectivity index (χ0) is 16.1. The Bertz CT molecular complexity index is 1060. The second kappa shape index (κ2) is 5.10. The summed E-state index contributed by atoms with van der Waals surface area (Å²) in [7, 11) is 0. The molecule has 4 rings (SSSR count). The van der Waals surface area contributed by atoms with Gasteiger partial charge in [0.1, 0.15) is 5.69 Å². The molecule has 2 aromatic heterocycles. The van der Waals surface area contributed by atoms with E-state index in [4.69, 9.17) is 21.0 Å². The molecular formula is C20H16ClNO. The first-order valence-electron chi connectivity index (χ1n) is 7.61. The first kappa shape index (κ1) is 14.3. The number of pyridine rings is 1. The second-order valence-corrected chi connectivity index (χ2v) is 6.37. The van der Waals surface area contributed by atoms with Gasteiger partial charge in [-0.3, -0.25) is 0 Å². The van der Waals surface area contributed by atoms with Crippen LogP contribution in [0, 0.1) is 20.8 Å². The van der Waals surface area contributed by atoms with Crippen molar-refractivity contribution in [1.29, 1.82) is 0 Å². The number of halogens is 1. The maximum absolute atomic E-state index is 6.26. The standard InChI is InChI=1S/C20H16ClNO/c1-11-7-8-12(2)18-14(11)9-10-17(22-18)19-13(3)15-5-4-6-16(21)20(15)23-19/h4-10H,1-3H3. The van der Waals surface area contributed by atoms with Crippen molar-refractivity contribution in [3.8, 4) is 11.5 Å². The van der Waals surface area contributed by atoms with Crippen molar-refractivity contribution in [3.05, 3.63) is 64.2 Å². The van der Waals surface area contributed by atoms with E-state index in [1.807, 2.05) is 31.2 Å². The van der Waals surface area contributed by atoms with E-state index in [0.717, 1.165) is 33.5 Å². The number of hydrogen-bond donors (Lipinski definition) is 0. The molecule has 0 saturated carbocycles. The Balaban J connectivity index is 2.01. The lowest BCUT2D eigenvalue weighted by atomic mass is 10.0. The first-order valence-corrected chi connectivity index (χ1v) is 7.99. The lowest BCUT2D eigenvalue weighted by Gasteiger charge is -2.07. The van der Waals surface area contributed by atoms with Crippen LogP contribution in [0.2, 0.25) is 5.02 Å². The molecule has 0 N–H and O–H groups in total. The number of aromatic nitrogens is 1. The van der Waals surface area contributed by atoms with Crippen molar-refractivity contribution in [2.45, 2.75) is 20.8 Å². The fourth-order valence-electron chi connectivity index (χ4n) is 3.08. The predicted octanol–water partition coefficient (Wildman–Crippen LogP) is 6.23. The number of aryl methyl sites for hydroxylation is 3. The van der Waals surface area contributed by atoms with Gasteiger partial charge < -0.3 is 4.42 Å². The van der Waals surface area contributed by atoms with Gasteiger partial charge >= 0.3 is 0 Å². The SMILES string of the molecule is Cc1ccc(C)c2nc(-c3oc4c(Cl)cccc4c3C)ccc12. The molecule has 4 aromatic rings. The molecule has 0 amide bonds. The van der Waals surface area contributed by atoms with E-state index in [2.05, 4.69) is 32.0 Å². The first-order chi connectivity index (χ1) is 11.1. The van der Waals surface area contributed by atoms with E-state index in [1.165, 1.54) is 16.5 Å². The minimum atomic E-state index is 0.629. The van der Waals surface area contributed by atoms with Gasteiger partial charge in [0.2, 0.25) is 0 Å². The lowest BCUT2D eigenvalue weighted by molar-refractivity contribution is 0.626. The van der Waals surface area contributed by atoms with Crippen molar-refractivity contribution < 1.29 is 4.42 Å². The topological polar surface area (TPSA) is 26.0 Å². The Kier molecular flexibility index (Phi) is 3.17. The van der Waals surface area contributed by atoms with Gasteiger partial charge in [-0.15, -0.1) is 0 Å². The van der Waals surface area contributed by atoms with Crippen LogP contribution in [-0.2, 0) is 0 Å². The average molecular weight is 322 g/mol. The third-order valence-electron chi connectivity index (χ3n) is 4.43. The highest BCUT2D eigenvalue weighted by molar-refractivity contribution is 6.35. The fourth-order valence-corrected chi connectivity index (χ4v) is 3.29. The molecule has 0 fully saturated rings. The molecule has 0 aliphatic rings. The van der Waals surface area contributed by atoms with Crippen LogP contribution in [0.15, 0.2) is 46.9 Å². The highest BCUT2D eigenvalue weighted by atomic mass is 35.5. The zero-order valence-corrected chi connectivity index (χ0v) is 14.0. The number of rotatable bonds is 1. The van der Waals surface area contributed by atoms with Crippen LogP contribution in [-0.4, -0.2) is 4.98 Å². The molecule has 3 heteroatoms. The zero-order valence-electron chi connectivity index (χ0n) is 13.3. The molecule has 114 valence electrons. The van der Waals surface area contributed by atoms with E-state index in [-0.39, 0.29) is 0 Å². The second-order valence-electron chi connectivity index (χ2n) is 5.96. The Morgan fingerprint density at radius 3 is 2.43 bits per heavy atom. The summed E-state index contributed by atoms with van der Waals surface area (Å²) < 4.78 is 6.04. The van der Waals surface area contributed by atoms with Crippen molar-refractivity contribution in [1.82, 2.24) is 4.98 Å². The van der Waals surface area contributed by atoms with Gasteiger partial charge in [0.05, 0.1) is 10.5 Å². The van der Waals surface area contributed by atoms with Crippen LogP contribution >= 0.6 is 11.6 Å². The van der Waals surface area contributed by atoms with Crippen LogP contribution in [0.3, 0.4) is 0 Å². The molecule has 0 spiro atoms. The van der Waals surface area contributed by atoms with Crippen molar-refractivity contribution >= 4 is 33.5 Å². The number of hydrogen-bond acceptors (Lipinski definition) is 2. The van der Waals surface area contributed by atoms with Gasteiger partial charge in [-0.05, 0) is 44.0 Å². The molecular weight excluding hydrogens is 306 g/mol. The molecule has 0 radical (unpaired) electrons. The lowest BCUT2D eigenvalue weighted by Crippen LogP contribution is -1.90. The van der Waals surface area contributed by atoms with Gasteiger partial charge in [-0.1, -0.05) is 41.9 Å². The summed E-state index contributed by atoms with van der Waals surface area (Å²) in [6.45, 7) is 6.24. The minimum Gasteiger partial charge on any atom is -0.453 e.